The molecule has 1 aromatic rings. The van der Waals surface area contributed by atoms with E-state index in [4.69, 9.17) is 4.74 Å². The maximum absolute atomic E-state index is 12.5. The van der Waals surface area contributed by atoms with Crippen LogP contribution in [0.1, 0.15) is 24.4 Å². The molecule has 19 heavy (non-hydrogen) atoms. The van der Waals surface area contributed by atoms with E-state index in [9.17, 15) is 4.79 Å². The standard InChI is InChI=1S/C13H20N4O2/c1-10(13(18)16-4-6-19-7-5-16)17-9-15-11-8-14-3-2-12(11)17/h9-10,14H,2-8H2,1H3. The van der Waals surface area contributed by atoms with Gasteiger partial charge in [0, 0.05) is 38.3 Å². The highest BCUT2D eigenvalue weighted by Crippen LogP contribution is 2.19. The third kappa shape index (κ3) is 2.37. The summed E-state index contributed by atoms with van der Waals surface area (Å²) in [5.74, 6) is 0.169. The van der Waals surface area contributed by atoms with Crippen LogP contribution in [0.5, 0.6) is 0 Å². The van der Waals surface area contributed by atoms with Crippen molar-refractivity contribution >= 4 is 5.91 Å². The smallest absolute Gasteiger partial charge is 0.245 e. The molecule has 0 bridgehead atoms. The van der Waals surface area contributed by atoms with Crippen LogP contribution in [0.2, 0.25) is 0 Å². The maximum atomic E-state index is 12.5. The Balaban J connectivity index is 1.77. The molecule has 0 saturated carbocycles. The van der Waals surface area contributed by atoms with Gasteiger partial charge in [-0.15, -0.1) is 0 Å². The molecule has 3 rings (SSSR count). The van der Waals surface area contributed by atoms with Gasteiger partial charge in [0.25, 0.3) is 0 Å². The van der Waals surface area contributed by atoms with Crippen molar-refractivity contribution in [1.29, 1.82) is 0 Å². The van der Waals surface area contributed by atoms with Crippen molar-refractivity contribution in [3.63, 3.8) is 0 Å². The molecule has 1 unspecified atom stereocenters. The molecule has 1 N–H and O–H groups in total. The minimum absolute atomic E-state index is 0.169. The lowest BCUT2D eigenvalue weighted by Crippen LogP contribution is -2.44. The molecule has 2 aliphatic heterocycles. The molecule has 1 aromatic heterocycles. The number of imidazole rings is 1. The molecule has 104 valence electrons. The molecule has 0 radical (unpaired) electrons. The molecule has 6 nitrogen and oxygen atoms in total. The summed E-state index contributed by atoms with van der Waals surface area (Å²) in [5, 5.41) is 3.30. The van der Waals surface area contributed by atoms with E-state index >= 15 is 0 Å². The highest BCUT2D eigenvalue weighted by molar-refractivity contribution is 5.80. The molecule has 2 aliphatic rings. The predicted octanol–water partition coefficient (Wildman–Crippen LogP) is -0.0514. The fourth-order valence-electron chi connectivity index (χ4n) is 2.76. The number of aromatic nitrogens is 2. The molecule has 1 saturated heterocycles. The zero-order chi connectivity index (χ0) is 13.2. The first-order valence-electron chi connectivity index (χ1n) is 6.89. The number of hydrogen-bond donors (Lipinski definition) is 1. The van der Waals surface area contributed by atoms with Crippen LogP contribution >= 0.6 is 0 Å². The summed E-state index contributed by atoms with van der Waals surface area (Å²) >= 11 is 0. The third-order valence-electron chi connectivity index (χ3n) is 3.91. The molecule has 1 amide bonds. The lowest BCUT2D eigenvalue weighted by Gasteiger charge is -2.30. The maximum Gasteiger partial charge on any atom is 0.245 e. The van der Waals surface area contributed by atoms with E-state index in [1.807, 2.05) is 16.4 Å². The number of nitrogens with zero attached hydrogens (tertiary/aromatic N) is 3. The summed E-state index contributed by atoms with van der Waals surface area (Å²) in [6.45, 7) is 6.40. The van der Waals surface area contributed by atoms with Gasteiger partial charge in [-0.1, -0.05) is 0 Å². The monoisotopic (exact) mass is 264 g/mol. The Bertz CT molecular complexity index is 465. The van der Waals surface area contributed by atoms with Crippen molar-refractivity contribution in [2.75, 3.05) is 32.8 Å². The summed E-state index contributed by atoms with van der Waals surface area (Å²) in [7, 11) is 0. The second kappa shape index (κ2) is 5.30. The molecule has 0 aliphatic carbocycles. The van der Waals surface area contributed by atoms with Crippen LogP contribution in [-0.2, 0) is 22.5 Å². The second-order valence-electron chi connectivity index (χ2n) is 5.09. The second-order valence-corrected chi connectivity index (χ2v) is 5.09. The molecule has 1 atom stereocenters. The van der Waals surface area contributed by atoms with Crippen molar-refractivity contribution in [2.24, 2.45) is 0 Å². The summed E-state index contributed by atoms with van der Waals surface area (Å²) in [5.41, 5.74) is 2.28. The first-order chi connectivity index (χ1) is 9.27. The van der Waals surface area contributed by atoms with Crippen molar-refractivity contribution in [3.8, 4) is 0 Å². The number of carbonyl (C=O) groups is 1. The van der Waals surface area contributed by atoms with Gasteiger partial charge in [0.1, 0.15) is 6.04 Å². The van der Waals surface area contributed by atoms with E-state index in [0.29, 0.717) is 26.3 Å². The molecule has 3 heterocycles. The first kappa shape index (κ1) is 12.6. The topological polar surface area (TPSA) is 59.4 Å². The Hall–Kier alpha value is -1.40. The van der Waals surface area contributed by atoms with E-state index in [1.54, 1.807) is 6.33 Å². The highest BCUT2D eigenvalue weighted by Gasteiger charge is 2.26. The van der Waals surface area contributed by atoms with Crippen molar-refractivity contribution < 1.29 is 9.53 Å². The van der Waals surface area contributed by atoms with Gasteiger partial charge in [-0.05, 0) is 6.92 Å². The van der Waals surface area contributed by atoms with Gasteiger partial charge in [0.05, 0.1) is 25.2 Å². The number of ether oxygens (including phenoxy) is 1. The number of nitrogens with one attached hydrogen (secondary N) is 1. The minimum atomic E-state index is -0.174. The average Bonchev–Trinajstić information content (AvgIpc) is 2.90. The summed E-state index contributed by atoms with van der Waals surface area (Å²) < 4.78 is 7.33. The van der Waals surface area contributed by atoms with Crippen LogP contribution in [0.15, 0.2) is 6.33 Å². The van der Waals surface area contributed by atoms with E-state index in [0.717, 1.165) is 25.2 Å². The number of amides is 1. The molecular weight excluding hydrogens is 244 g/mol. The summed E-state index contributed by atoms with van der Waals surface area (Å²) in [4.78, 5) is 18.8. The Morgan fingerprint density at radius 1 is 1.47 bits per heavy atom. The van der Waals surface area contributed by atoms with Crippen molar-refractivity contribution in [3.05, 3.63) is 17.7 Å². The number of hydrogen-bond acceptors (Lipinski definition) is 4. The molecule has 0 spiro atoms. The number of carbonyl (C=O) groups excluding carboxylic acids is 1. The van der Waals surface area contributed by atoms with Gasteiger partial charge in [0.2, 0.25) is 5.91 Å². The van der Waals surface area contributed by atoms with Crippen molar-refractivity contribution in [2.45, 2.75) is 25.9 Å². The van der Waals surface area contributed by atoms with Gasteiger partial charge < -0.3 is 19.5 Å². The van der Waals surface area contributed by atoms with E-state index in [-0.39, 0.29) is 11.9 Å². The number of fused-ring (bicyclic) bond motifs is 1. The van der Waals surface area contributed by atoms with Gasteiger partial charge in [-0.2, -0.15) is 0 Å². The Labute approximate surface area is 112 Å². The normalized spacial score (nSPS) is 21.0. The van der Waals surface area contributed by atoms with Crippen LogP contribution in [-0.4, -0.2) is 53.2 Å². The van der Waals surface area contributed by atoms with Crippen LogP contribution in [0.4, 0.5) is 0 Å². The van der Waals surface area contributed by atoms with Crippen molar-refractivity contribution in [1.82, 2.24) is 19.8 Å². The van der Waals surface area contributed by atoms with Gasteiger partial charge in [-0.25, -0.2) is 4.98 Å². The largest absolute Gasteiger partial charge is 0.378 e. The van der Waals surface area contributed by atoms with Crippen LogP contribution in [0, 0.1) is 0 Å². The van der Waals surface area contributed by atoms with E-state index in [2.05, 4.69) is 10.3 Å². The van der Waals surface area contributed by atoms with E-state index < -0.39 is 0 Å². The predicted molar refractivity (Wildman–Crippen MR) is 69.7 cm³/mol. The Morgan fingerprint density at radius 2 is 2.26 bits per heavy atom. The zero-order valence-electron chi connectivity index (χ0n) is 11.3. The van der Waals surface area contributed by atoms with Gasteiger partial charge in [-0.3, -0.25) is 4.79 Å². The number of morpholine rings is 1. The highest BCUT2D eigenvalue weighted by atomic mass is 16.5. The average molecular weight is 264 g/mol. The third-order valence-corrected chi connectivity index (χ3v) is 3.91. The molecule has 1 fully saturated rings. The van der Waals surface area contributed by atoms with Crippen LogP contribution in [0.25, 0.3) is 0 Å². The fraction of sp³-hybridized carbons (Fsp3) is 0.692. The van der Waals surface area contributed by atoms with Crippen LogP contribution < -0.4 is 5.32 Å². The minimum Gasteiger partial charge on any atom is -0.378 e. The fourth-order valence-corrected chi connectivity index (χ4v) is 2.76. The zero-order valence-corrected chi connectivity index (χ0v) is 11.3. The van der Waals surface area contributed by atoms with E-state index in [1.165, 1.54) is 5.69 Å². The van der Waals surface area contributed by atoms with Gasteiger partial charge >= 0.3 is 0 Å². The van der Waals surface area contributed by atoms with Gasteiger partial charge in [0.15, 0.2) is 0 Å². The molecule has 6 heteroatoms. The summed E-state index contributed by atoms with van der Waals surface area (Å²) in [6, 6.07) is -0.174. The Morgan fingerprint density at radius 3 is 3.05 bits per heavy atom. The summed E-state index contributed by atoms with van der Waals surface area (Å²) in [6.07, 6.45) is 2.75. The quantitative estimate of drug-likeness (QED) is 0.813. The lowest BCUT2D eigenvalue weighted by molar-refractivity contribution is -0.138. The Kier molecular flexibility index (Phi) is 3.52. The first-order valence-corrected chi connectivity index (χ1v) is 6.89. The molecular formula is C13H20N4O2. The SMILES string of the molecule is CC(C(=O)N1CCOCC1)n1cnc2c1CCNC2. The molecule has 0 aromatic carbocycles. The lowest BCUT2D eigenvalue weighted by atomic mass is 10.1. The number of rotatable bonds is 2. The van der Waals surface area contributed by atoms with Crippen LogP contribution in [0.3, 0.4) is 0 Å².